The van der Waals surface area contributed by atoms with Crippen molar-refractivity contribution in [3.8, 4) is 5.69 Å². The molecule has 1 saturated heterocycles. The molecule has 1 aliphatic heterocycles. The first-order valence-electron chi connectivity index (χ1n) is 8.88. The molecule has 134 valence electrons. The standard InChI is InChI=1S/C19H26N4O2/c1-14(24)12-18-4-3-10-23(18)19(25)21-15(2)16-5-7-17(8-6-16)22-11-9-20-13-22/h5-9,11,13-15,18,24H,3-4,10,12H2,1-2H3,(H,21,25)/t14-,15+,18-/m0/s1. The third-order valence-electron chi connectivity index (χ3n) is 4.79. The Hall–Kier alpha value is -2.34. The van der Waals surface area contributed by atoms with Crippen molar-refractivity contribution in [2.75, 3.05) is 6.54 Å². The van der Waals surface area contributed by atoms with Gasteiger partial charge in [0.2, 0.25) is 0 Å². The Morgan fingerprint density at radius 3 is 2.76 bits per heavy atom. The molecule has 2 N–H and O–H groups in total. The summed E-state index contributed by atoms with van der Waals surface area (Å²) < 4.78 is 1.94. The Bertz CT molecular complexity index is 682. The van der Waals surface area contributed by atoms with Crippen LogP contribution in [0.25, 0.3) is 5.69 Å². The zero-order valence-electron chi connectivity index (χ0n) is 14.8. The fourth-order valence-electron chi connectivity index (χ4n) is 3.44. The lowest BCUT2D eigenvalue weighted by atomic mass is 10.1. The third-order valence-corrected chi connectivity index (χ3v) is 4.79. The van der Waals surface area contributed by atoms with Crippen molar-refractivity contribution in [2.24, 2.45) is 0 Å². The maximum Gasteiger partial charge on any atom is 0.318 e. The van der Waals surface area contributed by atoms with Crippen LogP contribution in [0.1, 0.15) is 44.7 Å². The minimum Gasteiger partial charge on any atom is -0.393 e. The lowest BCUT2D eigenvalue weighted by molar-refractivity contribution is 0.137. The topological polar surface area (TPSA) is 70.4 Å². The second kappa shape index (κ2) is 7.70. The highest BCUT2D eigenvalue weighted by molar-refractivity contribution is 5.75. The molecule has 1 fully saturated rings. The monoisotopic (exact) mass is 342 g/mol. The van der Waals surface area contributed by atoms with Crippen LogP contribution >= 0.6 is 0 Å². The number of aromatic nitrogens is 2. The number of likely N-dealkylation sites (tertiary alicyclic amines) is 1. The molecule has 1 aromatic carbocycles. The number of carbonyl (C=O) groups is 1. The number of urea groups is 1. The maximum absolute atomic E-state index is 12.6. The highest BCUT2D eigenvalue weighted by Crippen LogP contribution is 2.23. The first-order chi connectivity index (χ1) is 12.0. The SMILES string of the molecule is C[C@H](O)C[C@@H]1CCCN1C(=O)N[C@H](C)c1ccc(-n2ccnc2)cc1. The molecule has 0 saturated carbocycles. The number of aliphatic hydroxyl groups excluding tert-OH is 1. The summed E-state index contributed by atoms with van der Waals surface area (Å²) in [6.45, 7) is 4.53. The Kier molecular flexibility index (Phi) is 5.38. The van der Waals surface area contributed by atoms with Crippen LogP contribution in [0.3, 0.4) is 0 Å². The summed E-state index contributed by atoms with van der Waals surface area (Å²) in [5.41, 5.74) is 2.10. The normalized spacial score (nSPS) is 19.6. The summed E-state index contributed by atoms with van der Waals surface area (Å²) in [6.07, 6.45) is 7.63. The molecule has 0 aliphatic carbocycles. The number of benzene rings is 1. The molecule has 2 amide bonds. The van der Waals surface area contributed by atoms with E-state index in [-0.39, 0.29) is 24.2 Å². The number of imidazole rings is 1. The van der Waals surface area contributed by atoms with Crippen molar-refractivity contribution in [3.05, 3.63) is 48.5 Å². The van der Waals surface area contributed by atoms with Crippen molar-refractivity contribution in [1.29, 1.82) is 0 Å². The van der Waals surface area contributed by atoms with Gasteiger partial charge in [-0.1, -0.05) is 12.1 Å². The van der Waals surface area contributed by atoms with Gasteiger partial charge in [0.15, 0.2) is 0 Å². The van der Waals surface area contributed by atoms with Crippen LogP contribution in [0, 0.1) is 0 Å². The molecule has 1 aliphatic rings. The summed E-state index contributed by atoms with van der Waals surface area (Å²) in [5, 5.41) is 12.7. The van der Waals surface area contributed by atoms with Gasteiger partial charge >= 0.3 is 6.03 Å². The average Bonchev–Trinajstić information content (AvgIpc) is 3.26. The van der Waals surface area contributed by atoms with E-state index in [1.54, 1.807) is 19.4 Å². The minimum absolute atomic E-state index is 0.0469. The lowest BCUT2D eigenvalue weighted by Crippen LogP contribution is -2.44. The molecule has 3 atom stereocenters. The van der Waals surface area contributed by atoms with Crippen LogP contribution in [0.4, 0.5) is 4.79 Å². The van der Waals surface area contributed by atoms with Crippen LogP contribution in [-0.4, -0.2) is 44.3 Å². The second-order valence-corrected chi connectivity index (χ2v) is 6.81. The van der Waals surface area contributed by atoms with Crippen molar-refractivity contribution < 1.29 is 9.90 Å². The Labute approximate surface area is 148 Å². The summed E-state index contributed by atoms with van der Waals surface area (Å²) >= 11 is 0. The van der Waals surface area contributed by atoms with Gasteiger partial charge in [-0.2, -0.15) is 0 Å². The zero-order chi connectivity index (χ0) is 17.8. The highest BCUT2D eigenvalue weighted by atomic mass is 16.3. The van der Waals surface area contributed by atoms with Gasteiger partial charge in [0.1, 0.15) is 0 Å². The van der Waals surface area contributed by atoms with E-state index in [0.717, 1.165) is 30.6 Å². The molecular formula is C19H26N4O2. The zero-order valence-corrected chi connectivity index (χ0v) is 14.8. The van der Waals surface area contributed by atoms with Gasteiger partial charge in [-0.05, 0) is 50.8 Å². The highest BCUT2D eigenvalue weighted by Gasteiger charge is 2.30. The Balaban J connectivity index is 1.61. The van der Waals surface area contributed by atoms with Gasteiger partial charge in [0, 0.05) is 30.7 Å². The molecule has 1 aromatic heterocycles. The lowest BCUT2D eigenvalue weighted by Gasteiger charge is -2.27. The minimum atomic E-state index is -0.383. The maximum atomic E-state index is 12.6. The van der Waals surface area contributed by atoms with Gasteiger partial charge in [-0.15, -0.1) is 0 Å². The van der Waals surface area contributed by atoms with E-state index in [9.17, 15) is 9.90 Å². The van der Waals surface area contributed by atoms with E-state index in [1.165, 1.54) is 0 Å². The number of nitrogens with zero attached hydrogens (tertiary/aromatic N) is 3. The predicted octanol–water partition coefficient (Wildman–Crippen LogP) is 2.88. The van der Waals surface area contributed by atoms with Gasteiger partial charge in [0.05, 0.1) is 18.5 Å². The number of aliphatic hydroxyl groups is 1. The van der Waals surface area contributed by atoms with E-state index in [4.69, 9.17) is 0 Å². The predicted molar refractivity (Wildman–Crippen MR) is 96.5 cm³/mol. The largest absolute Gasteiger partial charge is 0.393 e. The summed E-state index contributed by atoms with van der Waals surface area (Å²) in [4.78, 5) is 18.5. The number of nitrogens with one attached hydrogen (secondary N) is 1. The number of hydrogen-bond donors (Lipinski definition) is 2. The van der Waals surface area contributed by atoms with Crippen LogP contribution in [0.15, 0.2) is 43.0 Å². The average molecular weight is 342 g/mol. The summed E-state index contributed by atoms with van der Waals surface area (Å²) in [6, 6.07) is 8.11. The summed E-state index contributed by atoms with van der Waals surface area (Å²) in [5.74, 6) is 0. The van der Waals surface area contributed by atoms with Crippen molar-refractivity contribution in [3.63, 3.8) is 0 Å². The molecule has 0 bridgehead atoms. The van der Waals surface area contributed by atoms with E-state index in [1.807, 2.05) is 46.9 Å². The second-order valence-electron chi connectivity index (χ2n) is 6.81. The molecular weight excluding hydrogens is 316 g/mol. The first kappa shape index (κ1) is 17.5. The van der Waals surface area contributed by atoms with E-state index in [0.29, 0.717) is 6.42 Å². The van der Waals surface area contributed by atoms with E-state index < -0.39 is 0 Å². The molecule has 0 radical (unpaired) electrons. The number of rotatable bonds is 5. The van der Waals surface area contributed by atoms with Crippen LogP contribution in [-0.2, 0) is 0 Å². The molecule has 25 heavy (non-hydrogen) atoms. The fraction of sp³-hybridized carbons (Fsp3) is 0.474. The van der Waals surface area contributed by atoms with E-state index in [2.05, 4.69) is 10.3 Å². The smallest absolute Gasteiger partial charge is 0.318 e. The number of carbonyl (C=O) groups excluding carboxylic acids is 1. The molecule has 2 heterocycles. The first-order valence-corrected chi connectivity index (χ1v) is 8.88. The van der Waals surface area contributed by atoms with Gasteiger partial charge in [-0.25, -0.2) is 9.78 Å². The molecule has 6 nitrogen and oxygen atoms in total. The van der Waals surface area contributed by atoms with Crippen molar-refractivity contribution >= 4 is 6.03 Å². The van der Waals surface area contributed by atoms with Crippen molar-refractivity contribution in [1.82, 2.24) is 19.8 Å². The van der Waals surface area contributed by atoms with Gasteiger partial charge < -0.3 is 19.9 Å². The number of hydrogen-bond acceptors (Lipinski definition) is 3. The van der Waals surface area contributed by atoms with Crippen molar-refractivity contribution in [2.45, 2.75) is 51.3 Å². The van der Waals surface area contributed by atoms with E-state index >= 15 is 0 Å². The summed E-state index contributed by atoms with van der Waals surface area (Å²) in [7, 11) is 0. The quantitative estimate of drug-likeness (QED) is 0.878. The van der Waals surface area contributed by atoms with Crippen LogP contribution < -0.4 is 5.32 Å². The Morgan fingerprint density at radius 2 is 2.12 bits per heavy atom. The Morgan fingerprint density at radius 1 is 1.36 bits per heavy atom. The van der Waals surface area contributed by atoms with Crippen LogP contribution in [0.2, 0.25) is 0 Å². The van der Waals surface area contributed by atoms with Gasteiger partial charge in [-0.3, -0.25) is 0 Å². The third kappa shape index (κ3) is 4.20. The van der Waals surface area contributed by atoms with Gasteiger partial charge in [0.25, 0.3) is 0 Å². The molecule has 0 spiro atoms. The fourth-order valence-corrected chi connectivity index (χ4v) is 3.44. The molecule has 3 rings (SSSR count). The molecule has 0 unspecified atom stereocenters. The van der Waals surface area contributed by atoms with Crippen LogP contribution in [0.5, 0.6) is 0 Å². The number of amides is 2. The molecule has 6 heteroatoms. The molecule has 2 aromatic rings.